The molecule has 3 rings (SSSR count). The maximum atomic E-state index is 14.8. The van der Waals surface area contributed by atoms with Gasteiger partial charge in [0.2, 0.25) is 17.6 Å². The van der Waals surface area contributed by atoms with Gasteiger partial charge in [0.1, 0.15) is 12.1 Å². The molecule has 0 aromatic rings. The molecule has 0 aromatic heterocycles. The van der Waals surface area contributed by atoms with Crippen LogP contribution in [0.4, 0.5) is 4.79 Å². The number of piperidine rings is 1. The van der Waals surface area contributed by atoms with Crippen LogP contribution in [0.5, 0.6) is 0 Å². The fourth-order valence-corrected chi connectivity index (χ4v) is 9.21. The van der Waals surface area contributed by atoms with E-state index in [-0.39, 0.29) is 54.8 Å². The molecule has 2 aliphatic carbocycles. The summed E-state index contributed by atoms with van der Waals surface area (Å²) >= 11 is 0. The lowest BCUT2D eigenvalue weighted by molar-refractivity contribution is -0.150. The summed E-state index contributed by atoms with van der Waals surface area (Å²) < 4.78 is 25.8. The Morgan fingerprint density at radius 3 is 2.19 bits per heavy atom. The number of urea groups is 1. The number of amides is 5. The molecule has 13 heteroatoms. The van der Waals surface area contributed by atoms with E-state index in [2.05, 4.69) is 33.8 Å². The predicted octanol–water partition coefficient (Wildman–Crippen LogP) is 4.18. The third-order valence-corrected chi connectivity index (χ3v) is 14.4. The topological polar surface area (TPSA) is 171 Å². The number of hydrogen-bond donors (Lipinski definition) is 4. The Bertz CT molecular complexity index is 1470. The van der Waals surface area contributed by atoms with Crippen molar-refractivity contribution in [2.45, 2.75) is 153 Å². The highest BCUT2D eigenvalue weighted by molar-refractivity contribution is 7.92. The molecule has 3 aliphatic rings. The summed E-state index contributed by atoms with van der Waals surface area (Å²) in [4.78, 5) is 70.2. The zero-order valence-electron chi connectivity index (χ0n) is 32.3. The van der Waals surface area contributed by atoms with Gasteiger partial charge in [0, 0.05) is 19.5 Å². The summed E-state index contributed by atoms with van der Waals surface area (Å²) in [6.07, 6.45) is 15.2. The van der Waals surface area contributed by atoms with Crippen LogP contribution < -0.4 is 21.3 Å². The highest BCUT2D eigenvalue weighted by atomic mass is 32.2. The second-order valence-corrected chi connectivity index (χ2v) is 19.7. The zero-order chi connectivity index (χ0) is 38.9. The average molecular weight is 746 g/mol. The maximum Gasteiger partial charge on any atom is 0.315 e. The first kappa shape index (κ1) is 43.0. The largest absolute Gasteiger partial charge is 0.346 e. The predicted molar refractivity (Wildman–Crippen MR) is 203 cm³/mol. The van der Waals surface area contributed by atoms with Gasteiger partial charge in [-0.05, 0) is 76.5 Å². The Morgan fingerprint density at radius 1 is 1.00 bits per heavy atom. The van der Waals surface area contributed by atoms with E-state index in [4.69, 9.17) is 6.42 Å². The third-order valence-electron chi connectivity index (χ3n) is 11.6. The van der Waals surface area contributed by atoms with Gasteiger partial charge < -0.3 is 26.2 Å². The third kappa shape index (κ3) is 11.1. The number of nitrogens with one attached hydrogen (secondary N) is 4. The van der Waals surface area contributed by atoms with Crippen molar-refractivity contribution in [3.8, 4) is 12.3 Å². The highest BCUT2D eigenvalue weighted by Crippen LogP contribution is 2.40. The van der Waals surface area contributed by atoms with Crippen LogP contribution in [0.15, 0.2) is 12.7 Å². The number of carbonyl (C=O) groups is 5. The smallest absolute Gasteiger partial charge is 0.315 e. The minimum Gasteiger partial charge on any atom is -0.346 e. The number of sulfone groups is 1. The number of nitrogens with zero attached hydrogens (tertiary/aromatic N) is 1. The molecule has 2 saturated carbocycles. The Kier molecular flexibility index (Phi) is 15.0. The second kappa shape index (κ2) is 18.1. The normalized spacial score (nSPS) is 23.2. The van der Waals surface area contributed by atoms with Gasteiger partial charge in [0.05, 0.1) is 22.1 Å². The Balaban J connectivity index is 1.94. The standard InChI is InChI=1S/C39H63N5O7S/c1-9-11-20-29(32(45)34(47)40-23-10-2)41-33(46)30-24-38(7,8)27(3)25-44(30)35(48)31(28-18-14-12-15-19-28)42-36(49)43-39(21-16-13-17-22-39)26-52(50,51)37(4,5)6/h1,10,27-31H,2,11-26H2,3-8H3,(H,40,47)(H,41,46)(H2,42,43,49)/t27?,29?,30-,31-/m0/s1. The Hall–Kier alpha value is -3.40. The van der Waals surface area contributed by atoms with Crippen LogP contribution in [0.25, 0.3) is 0 Å². The van der Waals surface area contributed by atoms with Crippen molar-refractivity contribution in [3.63, 3.8) is 0 Å². The van der Waals surface area contributed by atoms with Crippen molar-refractivity contribution in [2.75, 3.05) is 18.8 Å². The molecular weight excluding hydrogens is 683 g/mol. The van der Waals surface area contributed by atoms with E-state index in [1.54, 1.807) is 20.8 Å². The Labute approximate surface area is 311 Å². The van der Waals surface area contributed by atoms with Crippen LogP contribution >= 0.6 is 0 Å². The summed E-state index contributed by atoms with van der Waals surface area (Å²) in [6.45, 7) is 14.9. The lowest BCUT2D eigenvalue weighted by Gasteiger charge is -2.48. The molecule has 0 spiro atoms. The molecule has 292 valence electrons. The van der Waals surface area contributed by atoms with E-state index >= 15 is 0 Å². The quantitative estimate of drug-likeness (QED) is 0.117. The molecule has 1 saturated heterocycles. The molecule has 1 aliphatic heterocycles. The van der Waals surface area contributed by atoms with Crippen molar-refractivity contribution in [3.05, 3.63) is 12.7 Å². The minimum absolute atomic E-state index is 0.00186. The van der Waals surface area contributed by atoms with Crippen LogP contribution in [-0.4, -0.2) is 90.1 Å². The van der Waals surface area contributed by atoms with Crippen LogP contribution in [0, 0.1) is 29.6 Å². The number of carbonyl (C=O) groups excluding carboxylic acids is 5. The van der Waals surface area contributed by atoms with Crippen LogP contribution in [0.3, 0.4) is 0 Å². The number of rotatable bonds is 14. The molecule has 4 atom stereocenters. The van der Waals surface area contributed by atoms with Crippen molar-refractivity contribution >= 4 is 39.4 Å². The number of Topliss-reactive ketones (excluding diaryl/α,β-unsaturated/α-hetero) is 1. The fraction of sp³-hybridized carbons (Fsp3) is 0.769. The van der Waals surface area contributed by atoms with Crippen molar-refractivity contribution in [1.82, 2.24) is 26.2 Å². The van der Waals surface area contributed by atoms with Gasteiger partial charge in [0.15, 0.2) is 9.84 Å². The first-order chi connectivity index (χ1) is 24.3. The number of hydrogen-bond acceptors (Lipinski definition) is 7. The molecular formula is C39H63N5O7S. The fourth-order valence-electron chi connectivity index (χ4n) is 7.69. The van der Waals surface area contributed by atoms with E-state index < -0.39 is 61.9 Å². The monoisotopic (exact) mass is 745 g/mol. The molecule has 12 nitrogen and oxygen atoms in total. The minimum atomic E-state index is -3.58. The summed E-state index contributed by atoms with van der Waals surface area (Å²) in [5.74, 6) is -0.577. The maximum absolute atomic E-state index is 14.8. The molecule has 5 amide bonds. The van der Waals surface area contributed by atoms with Crippen molar-refractivity contribution < 1.29 is 32.4 Å². The number of likely N-dealkylation sites (tertiary alicyclic amines) is 1. The van der Waals surface area contributed by atoms with Gasteiger partial charge in [-0.2, -0.15) is 0 Å². The summed E-state index contributed by atoms with van der Waals surface area (Å²) in [5.41, 5.74) is -1.31. The zero-order valence-corrected chi connectivity index (χ0v) is 33.1. The molecule has 0 radical (unpaired) electrons. The van der Waals surface area contributed by atoms with Gasteiger partial charge >= 0.3 is 6.03 Å². The van der Waals surface area contributed by atoms with E-state index in [9.17, 15) is 32.4 Å². The van der Waals surface area contributed by atoms with E-state index in [0.29, 0.717) is 32.1 Å². The number of terminal acetylenes is 1. The molecule has 1 heterocycles. The van der Waals surface area contributed by atoms with E-state index in [1.165, 1.54) is 11.0 Å². The van der Waals surface area contributed by atoms with Crippen LogP contribution in [0.2, 0.25) is 0 Å². The van der Waals surface area contributed by atoms with Gasteiger partial charge in [-0.25, -0.2) is 13.2 Å². The van der Waals surface area contributed by atoms with Gasteiger partial charge in [0.25, 0.3) is 5.91 Å². The molecule has 3 fully saturated rings. The summed E-state index contributed by atoms with van der Waals surface area (Å²) in [6, 6.07) is -3.71. The Morgan fingerprint density at radius 2 is 1.62 bits per heavy atom. The van der Waals surface area contributed by atoms with Crippen molar-refractivity contribution in [1.29, 1.82) is 0 Å². The van der Waals surface area contributed by atoms with Crippen LogP contribution in [0.1, 0.15) is 125 Å². The second-order valence-electron chi connectivity index (χ2n) is 17.0. The van der Waals surface area contributed by atoms with Crippen LogP contribution in [-0.2, 0) is 29.0 Å². The molecule has 0 bridgehead atoms. The summed E-state index contributed by atoms with van der Waals surface area (Å²) in [5, 5.41) is 11.2. The molecule has 2 unspecified atom stereocenters. The molecule has 52 heavy (non-hydrogen) atoms. The lowest BCUT2D eigenvalue weighted by atomic mass is 9.71. The van der Waals surface area contributed by atoms with E-state index in [0.717, 1.165) is 38.5 Å². The first-order valence-corrected chi connectivity index (χ1v) is 20.7. The van der Waals surface area contributed by atoms with Gasteiger partial charge in [-0.15, -0.1) is 18.9 Å². The van der Waals surface area contributed by atoms with Crippen molar-refractivity contribution in [2.24, 2.45) is 17.3 Å². The highest BCUT2D eigenvalue weighted by Gasteiger charge is 2.48. The number of ketones is 1. The lowest BCUT2D eigenvalue weighted by Crippen LogP contribution is -2.65. The SMILES string of the molecule is C#CCCC(NC(=O)[C@@H]1CC(C)(C)C(C)CN1C(=O)[C@@H](NC(=O)NC1(CS(=O)(=O)C(C)(C)C)CCCCC1)C1CCCCC1)C(=O)C(=O)NCC=C. The molecule has 4 N–H and O–H groups in total. The van der Waals surface area contributed by atoms with E-state index in [1.807, 2.05) is 20.8 Å². The first-order valence-electron chi connectivity index (χ1n) is 19.1. The average Bonchev–Trinajstić information content (AvgIpc) is 3.08. The van der Waals surface area contributed by atoms with Gasteiger partial charge in [-0.3, -0.25) is 19.2 Å². The summed E-state index contributed by atoms with van der Waals surface area (Å²) in [7, 11) is -3.58. The molecule has 0 aromatic carbocycles. The van der Waals surface area contributed by atoms with Gasteiger partial charge in [-0.1, -0.05) is 65.4 Å².